The molecule has 1 saturated heterocycles. The summed E-state index contributed by atoms with van der Waals surface area (Å²) in [6.07, 6.45) is 5.57. The molecule has 3 unspecified atom stereocenters. The number of rotatable bonds is 5. The van der Waals surface area contributed by atoms with E-state index in [4.69, 9.17) is 0 Å². The molecule has 24 heavy (non-hydrogen) atoms. The Kier molecular flexibility index (Phi) is 5.88. The summed E-state index contributed by atoms with van der Waals surface area (Å²) in [7, 11) is 0. The first-order valence-electron chi connectivity index (χ1n) is 9.04. The van der Waals surface area contributed by atoms with Crippen LogP contribution in [0.15, 0.2) is 0 Å². The monoisotopic (exact) mass is 338 g/mol. The maximum atomic E-state index is 12.6. The molecule has 1 aliphatic heterocycles. The summed E-state index contributed by atoms with van der Waals surface area (Å²) < 4.78 is 0. The fraction of sp³-hybridized carbons (Fsp3) is 0.833. The van der Waals surface area contributed by atoms with Gasteiger partial charge >= 0.3 is 5.97 Å². The van der Waals surface area contributed by atoms with Gasteiger partial charge in [0.2, 0.25) is 11.8 Å². The lowest BCUT2D eigenvalue weighted by atomic mass is 9.84. The molecule has 2 amide bonds. The molecule has 0 aromatic heterocycles. The van der Waals surface area contributed by atoms with Crippen molar-refractivity contribution >= 4 is 17.8 Å². The zero-order chi connectivity index (χ0) is 17.9. The fourth-order valence-corrected chi connectivity index (χ4v) is 3.88. The van der Waals surface area contributed by atoms with Crippen LogP contribution in [0.2, 0.25) is 0 Å². The molecule has 136 valence electrons. The highest BCUT2D eigenvalue weighted by atomic mass is 16.4. The molecule has 0 aromatic carbocycles. The summed E-state index contributed by atoms with van der Waals surface area (Å²) in [5.41, 5.74) is -0.442. The van der Waals surface area contributed by atoms with Gasteiger partial charge in [0.25, 0.3) is 0 Å². The van der Waals surface area contributed by atoms with E-state index in [2.05, 4.69) is 5.32 Å². The van der Waals surface area contributed by atoms with Crippen molar-refractivity contribution in [1.29, 1.82) is 0 Å². The largest absolute Gasteiger partial charge is 0.480 e. The van der Waals surface area contributed by atoms with E-state index in [1.54, 1.807) is 4.90 Å². The summed E-state index contributed by atoms with van der Waals surface area (Å²) in [4.78, 5) is 37.6. The van der Waals surface area contributed by atoms with Gasteiger partial charge in [0.05, 0.1) is 0 Å². The van der Waals surface area contributed by atoms with Crippen LogP contribution in [0.4, 0.5) is 0 Å². The normalized spacial score (nSPS) is 26.8. The second-order valence-corrected chi connectivity index (χ2v) is 8.11. The molecule has 1 saturated carbocycles. The van der Waals surface area contributed by atoms with Crippen LogP contribution in [0, 0.1) is 11.3 Å². The van der Waals surface area contributed by atoms with E-state index in [1.807, 2.05) is 20.8 Å². The first-order valence-corrected chi connectivity index (χ1v) is 9.04. The number of likely N-dealkylation sites (tertiary alicyclic amines) is 1. The van der Waals surface area contributed by atoms with Crippen LogP contribution >= 0.6 is 0 Å². The van der Waals surface area contributed by atoms with Gasteiger partial charge in [0, 0.05) is 24.4 Å². The van der Waals surface area contributed by atoms with Crippen LogP contribution in [-0.2, 0) is 14.4 Å². The van der Waals surface area contributed by atoms with Gasteiger partial charge in [-0.3, -0.25) is 9.59 Å². The summed E-state index contributed by atoms with van der Waals surface area (Å²) in [5.74, 6) is -0.670. The predicted molar refractivity (Wildman–Crippen MR) is 90.3 cm³/mol. The van der Waals surface area contributed by atoms with Crippen LogP contribution in [0.1, 0.15) is 65.7 Å². The maximum absolute atomic E-state index is 12.6. The first-order chi connectivity index (χ1) is 11.2. The molecule has 2 fully saturated rings. The van der Waals surface area contributed by atoms with Crippen molar-refractivity contribution in [1.82, 2.24) is 10.2 Å². The molecule has 3 atom stereocenters. The highest BCUT2D eigenvalue weighted by molar-refractivity contribution is 5.85. The van der Waals surface area contributed by atoms with Gasteiger partial charge in [0.15, 0.2) is 0 Å². The van der Waals surface area contributed by atoms with E-state index in [9.17, 15) is 19.5 Å². The van der Waals surface area contributed by atoms with Crippen LogP contribution in [0.5, 0.6) is 0 Å². The van der Waals surface area contributed by atoms with E-state index in [0.717, 1.165) is 25.7 Å². The third-order valence-electron chi connectivity index (χ3n) is 5.20. The zero-order valence-electron chi connectivity index (χ0n) is 15.0. The molecular formula is C18H30N2O4. The number of nitrogens with zero attached hydrogens (tertiary/aromatic N) is 1. The Morgan fingerprint density at radius 2 is 1.83 bits per heavy atom. The molecule has 6 heteroatoms. The number of nitrogens with one attached hydrogen (secondary N) is 1. The molecule has 1 heterocycles. The molecule has 0 radical (unpaired) electrons. The summed E-state index contributed by atoms with van der Waals surface area (Å²) in [6, 6.07) is -0.578. The summed E-state index contributed by atoms with van der Waals surface area (Å²) >= 11 is 0. The molecule has 2 N–H and O–H groups in total. The third-order valence-corrected chi connectivity index (χ3v) is 5.20. The number of hydrogen-bond acceptors (Lipinski definition) is 3. The Morgan fingerprint density at radius 3 is 2.46 bits per heavy atom. The molecule has 0 spiro atoms. The molecule has 0 aromatic rings. The Hall–Kier alpha value is -1.59. The van der Waals surface area contributed by atoms with Gasteiger partial charge in [-0.1, -0.05) is 33.6 Å². The lowest BCUT2D eigenvalue weighted by Crippen LogP contribution is -2.46. The molecule has 0 bridgehead atoms. The van der Waals surface area contributed by atoms with Crippen molar-refractivity contribution < 1.29 is 19.5 Å². The SMILES string of the molecule is CC(C)(C)C(=O)NCCCC(=O)N1C(C(=O)O)CC2CCCCC21. The van der Waals surface area contributed by atoms with Crippen molar-refractivity contribution in [3.05, 3.63) is 0 Å². The van der Waals surface area contributed by atoms with Gasteiger partial charge in [0.1, 0.15) is 6.04 Å². The minimum absolute atomic E-state index is 0.0353. The van der Waals surface area contributed by atoms with Crippen molar-refractivity contribution in [2.24, 2.45) is 11.3 Å². The predicted octanol–water partition coefficient (Wildman–Crippen LogP) is 2.17. The number of hydrogen-bond donors (Lipinski definition) is 2. The van der Waals surface area contributed by atoms with Crippen molar-refractivity contribution in [2.45, 2.75) is 77.8 Å². The van der Waals surface area contributed by atoms with E-state index in [1.165, 1.54) is 0 Å². The second-order valence-electron chi connectivity index (χ2n) is 8.11. The number of carboxylic acid groups (broad SMARTS) is 1. The summed E-state index contributed by atoms with van der Waals surface area (Å²) in [5, 5.41) is 12.3. The Balaban J connectivity index is 1.87. The van der Waals surface area contributed by atoms with E-state index in [0.29, 0.717) is 25.3 Å². The average molecular weight is 338 g/mol. The van der Waals surface area contributed by atoms with E-state index in [-0.39, 0.29) is 24.3 Å². The number of aliphatic carboxylic acids is 1. The van der Waals surface area contributed by atoms with Crippen molar-refractivity contribution in [3.63, 3.8) is 0 Å². The van der Waals surface area contributed by atoms with Gasteiger partial charge < -0.3 is 15.3 Å². The quantitative estimate of drug-likeness (QED) is 0.752. The molecular weight excluding hydrogens is 308 g/mol. The van der Waals surface area contributed by atoms with Crippen molar-refractivity contribution in [2.75, 3.05) is 6.54 Å². The fourth-order valence-electron chi connectivity index (χ4n) is 3.88. The van der Waals surface area contributed by atoms with Crippen molar-refractivity contribution in [3.8, 4) is 0 Å². The maximum Gasteiger partial charge on any atom is 0.326 e. The molecule has 2 aliphatic rings. The topological polar surface area (TPSA) is 86.7 Å². The highest BCUT2D eigenvalue weighted by Gasteiger charge is 2.47. The van der Waals surface area contributed by atoms with Crippen LogP contribution in [-0.4, -0.2) is 46.4 Å². The smallest absolute Gasteiger partial charge is 0.326 e. The Labute approximate surface area is 144 Å². The minimum atomic E-state index is -0.890. The first kappa shape index (κ1) is 18.7. The lowest BCUT2D eigenvalue weighted by molar-refractivity contribution is -0.149. The van der Waals surface area contributed by atoms with Gasteiger partial charge in [-0.2, -0.15) is 0 Å². The summed E-state index contributed by atoms with van der Waals surface area (Å²) in [6.45, 7) is 5.98. The number of carbonyl (C=O) groups excluding carboxylic acids is 2. The third kappa shape index (κ3) is 4.28. The highest BCUT2D eigenvalue weighted by Crippen LogP contribution is 2.40. The lowest BCUT2D eigenvalue weighted by Gasteiger charge is -2.33. The Bertz CT molecular complexity index is 498. The molecule has 6 nitrogen and oxygen atoms in total. The minimum Gasteiger partial charge on any atom is -0.480 e. The molecule has 1 aliphatic carbocycles. The van der Waals surface area contributed by atoms with E-state index >= 15 is 0 Å². The Morgan fingerprint density at radius 1 is 1.17 bits per heavy atom. The van der Waals surface area contributed by atoms with Gasteiger partial charge in [-0.25, -0.2) is 4.79 Å². The van der Waals surface area contributed by atoms with Crippen LogP contribution < -0.4 is 5.32 Å². The van der Waals surface area contributed by atoms with Crippen LogP contribution in [0.3, 0.4) is 0 Å². The molecule has 2 rings (SSSR count). The van der Waals surface area contributed by atoms with Gasteiger partial charge in [-0.15, -0.1) is 0 Å². The number of fused-ring (bicyclic) bond motifs is 1. The zero-order valence-corrected chi connectivity index (χ0v) is 15.0. The number of amides is 2. The number of carboxylic acids is 1. The number of carbonyl (C=O) groups is 3. The average Bonchev–Trinajstić information content (AvgIpc) is 2.90. The van der Waals surface area contributed by atoms with E-state index < -0.39 is 17.4 Å². The second kappa shape index (κ2) is 7.53. The standard InChI is InChI=1S/C18H30N2O4/c1-18(2,3)17(24)19-10-6-9-15(21)20-13-8-5-4-7-12(13)11-14(20)16(22)23/h12-14H,4-11H2,1-3H3,(H,19,24)(H,22,23). The van der Waals surface area contributed by atoms with Gasteiger partial charge in [-0.05, 0) is 31.6 Å². The van der Waals surface area contributed by atoms with Crippen LogP contribution in [0.25, 0.3) is 0 Å².